The lowest BCUT2D eigenvalue weighted by Gasteiger charge is -2.13. The third-order valence-electron chi connectivity index (χ3n) is 3.06. The van der Waals surface area contributed by atoms with Gasteiger partial charge in [-0.05, 0) is 12.1 Å². The molecule has 9 heteroatoms. The molecule has 8 nitrogen and oxygen atoms in total. The minimum Gasteiger partial charge on any atom is -0.378 e. The lowest BCUT2D eigenvalue weighted by atomic mass is 10.1. The molecule has 1 aromatic rings. The molecule has 0 fully saturated rings. The van der Waals surface area contributed by atoms with Gasteiger partial charge in [-0.25, -0.2) is 4.79 Å². The van der Waals surface area contributed by atoms with Crippen molar-refractivity contribution in [2.45, 2.75) is 11.7 Å². The summed E-state index contributed by atoms with van der Waals surface area (Å²) in [5.41, 5.74) is 5.71. The third-order valence-corrected chi connectivity index (χ3v) is 4.05. The van der Waals surface area contributed by atoms with E-state index in [1.54, 1.807) is 12.1 Å². The summed E-state index contributed by atoms with van der Waals surface area (Å²) >= 11 is 0.938. The van der Waals surface area contributed by atoms with Crippen molar-refractivity contribution in [3.63, 3.8) is 0 Å². The average Bonchev–Trinajstić information content (AvgIpc) is 2.91. The van der Waals surface area contributed by atoms with Crippen LogP contribution in [0.1, 0.15) is 27.1 Å². The quantitative estimate of drug-likeness (QED) is 0.784. The number of amides is 3. The van der Waals surface area contributed by atoms with E-state index in [2.05, 4.69) is 4.99 Å². The van der Waals surface area contributed by atoms with Crippen molar-refractivity contribution >= 4 is 40.6 Å². The topological polar surface area (TPSA) is 119 Å². The zero-order chi connectivity index (χ0) is 15.9. The highest BCUT2D eigenvalue weighted by molar-refractivity contribution is 8.15. The molecular formula is C13H9N3O5S. The molecule has 0 bridgehead atoms. The number of carbonyl (C=O) groups is 4. The first-order chi connectivity index (χ1) is 10.5. The molecule has 0 aliphatic carbocycles. The van der Waals surface area contributed by atoms with E-state index in [0.29, 0.717) is 5.06 Å². The van der Waals surface area contributed by atoms with E-state index in [-0.39, 0.29) is 22.7 Å². The summed E-state index contributed by atoms with van der Waals surface area (Å²) in [6, 6.07) is 6.13. The Kier molecular flexibility index (Phi) is 3.41. The predicted octanol–water partition coefficient (Wildman–Crippen LogP) is 0.0876. The second-order valence-electron chi connectivity index (χ2n) is 4.51. The average molecular weight is 319 g/mol. The summed E-state index contributed by atoms with van der Waals surface area (Å²) in [5, 5.41) is -0.312. The van der Waals surface area contributed by atoms with Crippen LogP contribution in [0, 0.1) is 0 Å². The number of amidine groups is 1. The minimum absolute atomic E-state index is 0.0727. The Morgan fingerprint density at radius 2 is 1.82 bits per heavy atom. The number of nitrogens with two attached hydrogens (primary N) is 1. The Balaban J connectivity index is 1.67. The third kappa shape index (κ3) is 2.35. The van der Waals surface area contributed by atoms with E-state index < -0.39 is 28.9 Å². The highest BCUT2D eigenvalue weighted by atomic mass is 32.2. The number of nitrogens with zero attached hydrogens (tertiary/aromatic N) is 2. The molecule has 3 amide bonds. The molecule has 0 aromatic heterocycles. The Hall–Kier alpha value is -2.68. The van der Waals surface area contributed by atoms with Crippen molar-refractivity contribution in [2.75, 3.05) is 0 Å². The van der Waals surface area contributed by atoms with Crippen LogP contribution in [0.4, 0.5) is 0 Å². The van der Waals surface area contributed by atoms with Crippen LogP contribution in [0.15, 0.2) is 29.3 Å². The van der Waals surface area contributed by atoms with Crippen LogP contribution < -0.4 is 5.73 Å². The van der Waals surface area contributed by atoms with Crippen molar-refractivity contribution in [1.82, 2.24) is 5.06 Å². The van der Waals surface area contributed by atoms with E-state index in [1.807, 2.05) is 0 Å². The van der Waals surface area contributed by atoms with Crippen molar-refractivity contribution in [3.05, 3.63) is 35.4 Å². The van der Waals surface area contributed by atoms with Crippen LogP contribution in [-0.2, 0) is 14.4 Å². The monoisotopic (exact) mass is 319 g/mol. The fourth-order valence-electron chi connectivity index (χ4n) is 2.07. The van der Waals surface area contributed by atoms with Gasteiger partial charge in [0, 0.05) is 0 Å². The SMILES string of the molecule is NC1=NC(=O)C(CC(=O)ON2C(=O)c3ccccc3C2=O)S1. The summed E-state index contributed by atoms with van der Waals surface area (Å²) in [4.78, 5) is 55.5. The highest BCUT2D eigenvalue weighted by Crippen LogP contribution is 2.25. The molecule has 1 atom stereocenters. The second-order valence-corrected chi connectivity index (χ2v) is 5.74. The molecule has 112 valence electrons. The van der Waals surface area contributed by atoms with Gasteiger partial charge in [-0.3, -0.25) is 14.4 Å². The summed E-state index contributed by atoms with van der Waals surface area (Å²) in [6.45, 7) is 0. The molecule has 1 aromatic carbocycles. The first kappa shape index (κ1) is 14.3. The fourth-order valence-corrected chi connectivity index (χ4v) is 2.88. The number of thioether (sulfide) groups is 1. The number of hydroxylamine groups is 2. The second kappa shape index (κ2) is 5.26. The Bertz CT molecular complexity index is 710. The van der Waals surface area contributed by atoms with Gasteiger partial charge in [-0.2, -0.15) is 4.99 Å². The summed E-state index contributed by atoms with van der Waals surface area (Å²) in [6.07, 6.45) is -0.332. The molecule has 2 aliphatic rings. The predicted molar refractivity (Wildman–Crippen MR) is 75.7 cm³/mol. The van der Waals surface area contributed by atoms with Gasteiger partial charge in [0.25, 0.3) is 17.7 Å². The van der Waals surface area contributed by atoms with Gasteiger partial charge in [-0.15, -0.1) is 0 Å². The van der Waals surface area contributed by atoms with Crippen LogP contribution in [0.2, 0.25) is 0 Å². The number of hydrogen-bond acceptors (Lipinski definition) is 7. The van der Waals surface area contributed by atoms with Crippen molar-refractivity contribution in [2.24, 2.45) is 10.7 Å². The summed E-state index contributed by atoms with van der Waals surface area (Å²) in [7, 11) is 0. The number of carbonyl (C=O) groups excluding carboxylic acids is 4. The van der Waals surface area contributed by atoms with Gasteiger partial charge in [0.2, 0.25) is 0 Å². The molecule has 1 unspecified atom stereocenters. The van der Waals surface area contributed by atoms with Crippen molar-refractivity contribution in [3.8, 4) is 0 Å². The van der Waals surface area contributed by atoms with Crippen LogP contribution in [0.3, 0.4) is 0 Å². The van der Waals surface area contributed by atoms with Crippen molar-refractivity contribution in [1.29, 1.82) is 0 Å². The molecular weight excluding hydrogens is 310 g/mol. The van der Waals surface area contributed by atoms with Gasteiger partial charge in [0.1, 0.15) is 5.25 Å². The molecule has 22 heavy (non-hydrogen) atoms. The van der Waals surface area contributed by atoms with Gasteiger partial charge in [0.05, 0.1) is 17.5 Å². The maximum absolute atomic E-state index is 12.0. The molecule has 2 aliphatic heterocycles. The van der Waals surface area contributed by atoms with E-state index in [1.165, 1.54) is 12.1 Å². The summed E-state index contributed by atoms with van der Waals surface area (Å²) in [5.74, 6) is -2.85. The number of imide groups is 1. The summed E-state index contributed by atoms with van der Waals surface area (Å²) < 4.78 is 0. The van der Waals surface area contributed by atoms with Crippen LogP contribution >= 0.6 is 11.8 Å². The van der Waals surface area contributed by atoms with E-state index in [0.717, 1.165) is 11.8 Å². The molecule has 2 N–H and O–H groups in total. The number of benzene rings is 1. The molecule has 0 spiro atoms. The van der Waals surface area contributed by atoms with Crippen LogP contribution in [0.5, 0.6) is 0 Å². The van der Waals surface area contributed by atoms with Crippen LogP contribution in [-0.4, -0.2) is 39.2 Å². The van der Waals surface area contributed by atoms with E-state index >= 15 is 0 Å². The van der Waals surface area contributed by atoms with E-state index in [9.17, 15) is 19.2 Å². The number of hydrogen-bond donors (Lipinski definition) is 1. The van der Waals surface area contributed by atoms with E-state index in [4.69, 9.17) is 10.6 Å². The number of rotatable bonds is 3. The lowest BCUT2D eigenvalue weighted by molar-refractivity contribution is -0.168. The van der Waals surface area contributed by atoms with Gasteiger partial charge >= 0.3 is 5.97 Å². The zero-order valence-corrected chi connectivity index (χ0v) is 11.8. The minimum atomic E-state index is -0.884. The lowest BCUT2D eigenvalue weighted by Crippen LogP contribution is -2.34. The van der Waals surface area contributed by atoms with Crippen LogP contribution in [0.25, 0.3) is 0 Å². The standard InChI is InChI=1S/C13H9N3O5S/c14-13-15-10(18)8(22-13)5-9(17)21-16-11(19)6-3-1-2-4-7(6)12(16)20/h1-4,8H,5H2,(H2,14,15,18). The number of fused-ring (bicyclic) bond motifs is 1. The largest absolute Gasteiger partial charge is 0.378 e. The molecule has 2 heterocycles. The first-order valence-corrected chi connectivity index (χ1v) is 7.08. The molecule has 3 rings (SSSR count). The first-order valence-electron chi connectivity index (χ1n) is 6.20. The highest BCUT2D eigenvalue weighted by Gasteiger charge is 2.39. The Morgan fingerprint density at radius 1 is 1.23 bits per heavy atom. The van der Waals surface area contributed by atoms with Gasteiger partial charge < -0.3 is 10.6 Å². The van der Waals surface area contributed by atoms with Gasteiger partial charge in [0.15, 0.2) is 5.17 Å². The number of aliphatic imine (C=N–C) groups is 1. The molecule has 0 radical (unpaired) electrons. The maximum Gasteiger partial charge on any atom is 0.334 e. The Morgan fingerprint density at radius 3 is 2.32 bits per heavy atom. The maximum atomic E-state index is 12.0. The fraction of sp³-hybridized carbons (Fsp3) is 0.154. The Labute approximate surface area is 128 Å². The van der Waals surface area contributed by atoms with Gasteiger partial charge in [-0.1, -0.05) is 29.0 Å². The molecule has 0 saturated carbocycles. The zero-order valence-electron chi connectivity index (χ0n) is 11.0. The molecule has 0 saturated heterocycles. The normalized spacial score (nSPS) is 20.2. The van der Waals surface area contributed by atoms with Crippen molar-refractivity contribution < 1.29 is 24.0 Å². The smallest absolute Gasteiger partial charge is 0.334 e.